The number of hydrogen-bond acceptors (Lipinski definition) is 5. The molecule has 2 atom stereocenters. The Kier molecular flexibility index (Phi) is 7.76. The summed E-state index contributed by atoms with van der Waals surface area (Å²) in [5.41, 5.74) is 2.06. The van der Waals surface area contributed by atoms with Crippen LogP contribution in [0, 0.1) is 11.7 Å². The summed E-state index contributed by atoms with van der Waals surface area (Å²) in [5.74, 6) is 5.98. The Hall–Kier alpha value is -3.04. The lowest BCUT2D eigenvalue weighted by molar-refractivity contribution is -0.584. The molecule has 2 aromatic rings. The van der Waals surface area contributed by atoms with Crippen LogP contribution in [0.15, 0.2) is 36.4 Å². The van der Waals surface area contributed by atoms with Crippen molar-refractivity contribution in [2.75, 3.05) is 11.9 Å². The van der Waals surface area contributed by atoms with Crippen LogP contribution >= 0.6 is 0 Å². The number of rotatable bonds is 8. The third kappa shape index (κ3) is 5.60. The van der Waals surface area contributed by atoms with Gasteiger partial charge in [-0.15, -0.1) is 0 Å². The van der Waals surface area contributed by atoms with E-state index in [1.54, 1.807) is 24.3 Å². The summed E-state index contributed by atoms with van der Waals surface area (Å²) in [4.78, 5) is 31.3. The highest BCUT2D eigenvalue weighted by Crippen LogP contribution is 2.33. The lowest BCUT2D eigenvalue weighted by Gasteiger charge is -2.36. The lowest BCUT2D eigenvalue weighted by atomic mass is 10.0. The molecular formula is C23H31FN5O3+. The van der Waals surface area contributed by atoms with E-state index in [4.69, 9.17) is 10.6 Å². The van der Waals surface area contributed by atoms with E-state index >= 15 is 0 Å². The molecule has 0 saturated heterocycles. The number of carbonyl (C=O) groups excluding carboxylic acids is 2. The van der Waals surface area contributed by atoms with Gasteiger partial charge in [-0.3, -0.25) is 9.59 Å². The second kappa shape index (κ2) is 10.5. The van der Waals surface area contributed by atoms with Crippen LogP contribution in [-0.4, -0.2) is 40.4 Å². The molecule has 32 heavy (non-hydrogen) atoms. The molecule has 2 amide bonds. The molecule has 1 aromatic heterocycles. The summed E-state index contributed by atoms with van der Waals surface area (Å²) < 4.78 is 19.1. The minimum absolute atomic E-state index is 0.0280. The quantitative estimate of drug-likeness (QED) is 0.427. The zero-order valence-electron chi connectivity index (χ0n) is 18.7. The van der Waals surface area contributed by atoms with Crippen molar-refractivity contribution in [3.8, 4) is 5.75 Å². The minimum atomic E-state index is -0.311. The Morgan fingerprint density at radius 1 is 1.25 bits per heavy atom. The number of benzene rings is 1. The Labute approximate surface area is 187 Å². The SMILES string of the molecule is CC(=O)Nc1ccc([NH2+]N)c(C(=O)N(C(C)C)[C@H]2CCC[C@@H]2COc2ccc(F)cc2)n1. The first-order valence-corrected chi connectivity index (χ1v) is 10.8. The second-order valence-corrected chi connectivity index (χ2v) is 8.31. The highest BCUT2D eigenvalue weighted by atomic mass is 19.1. The molecule has 9 heteroatoms. The number of pyridine rings is 1. The van der Waals surface area contributed by atoms with Crippen molar-refractivity contribution in [2.24, 2.45) is 11.8 Å². The molecule has 3 rings (SSSR count). The van der Waals surface area contributed by atoms with E-state index in [9.17, 15) is 14.0 Å². The molecule has 0 spiro atoms. The van der Waals surface area contributed by atoms with Gasteiger partial charge in [0.15, 0.2) is 11.4 Å². The summed E-state index contributed by atoms with van der Waals surface area (Å²) >= 11 is 0. The van der Waals surface area contributed by atoms with Gasteiger partial charge < -0.3 is 15.0 Å². The van der Waals surface area contributed by atoms with Gasteiger partial charge in [-0.25, -0.2) is 14.8 Å². The number of carbonyl (C=O) groups is 2. The smallest absolute Gasteiger partial charge is 0.279 e. The molecule has 0 unspecified atom stereocenters. The van der Waals surface area contributed by atoms with E-state index in [-0.39, 0.29) is 41.3 Å². The number of anilines is 1. The molecular weight excluding hydrogens is 413 g/mol. The first kappa shape index (κ1) is 23.6. The summed E-state index contributed by atoms with van der Waals surface area (Å²) in [5, 5.41) is 2.62. The predicted octanol–water partition coefficient (Wildman–Crippen LogP) is 2.35. The molecule has 1 heterocycles. The van der Waals surface area contributed by atoms with Crippen LogP contribution in [0.5, 0.6) is 5.75 Å². The number of nitrogens with two attached hydrogens (primary N) is 2. The maximum Gasteiger partial charge on any atom is 0.279 e. The fourth-order valence-corrected chi connectivity index (χ4v) is 4.23. The van der Waals surface area contributed by atoms with E-state index in [0.717, 1.165) is 19.3 Å². The molecule has 0 bridgehead atoms. The van der Waals surface area contributed by atoms with E-state index < -0.39 is 0 Å². The van der Waals surface area contributed by atoms with Crippen molar-refractivity contribution >= 4 is 23.3 Å². The van der Waals surface area contributed by atoms with Crippen molar-refractivity contribution in [2.45, 2.75) is 52.1 Å². The van der Waals surface area contributed by atoms with Gasteiger partial charge in [0, 0.05) is 31.0 Å². The van der Waals surface area contributed by atoms with Gasteiger partial charge in [0.2, 0.25) is 5.91 Å². The summed E-state index contributed by atoms with van der Waals surface area (Å²) in [6.07, 6.45) is 2.76. The molecule has 1 fully saturated rings. The van der Waals surface area contributed by atoms with E-state index in [2.05, 4.69) is 10.3 Å². The van der Waals surface area contributed by atoms with Crippen molar-refractivity contribution in [3.63, 3.8) is 0 Å². The standard InChI is InChI=1S/C23H30FN5O3/c1-14(2)29(23(31)22-19(28-25)11-12-21(27-22)26-15(3)30)20-6-4-5-16(20)13-32-18-9-7-17(24)8-10-18/h7-12,14,16,20,28H,4-6,13,25H2,1-3H3,(H,26,27,30)/p+1/t16-,20+/m1/s1. The van der Waals surface area contributed by atoms with Crippen LogP contribution in [-0.2, 0) is 4.79 Å². The zero-order chi connectivity index (χ0) is 23.3. The number of ether oxygens (including phenoxy) is 1. The van der Waals surface area contributed by atoms with E-state index in [1.165, 1.54) is 24.5 Å². The molecule has 1 saturated carbocycles. The molecule has 8 nitrogen and oxygen atoms in total. The molecule has 172 valence electrons. The van der Waals surface area contributed by atoms with E-state index in [1.807, 2.05) is 18.7 Å². The Bertz CT molecular complexity index is 951. The largest absolute Gasteiger partial charge is 0.493 e. The fraction of sp³-hybridized carbons (Fsp3) is 0.435. The number of hydrogen-bond donors (Lipinski definition) is 3. The van der Waals surface area contributed by atoms with Gasteiger partial charge in [0.1, 0.15) is 17.4 Å². The molecule has 5 N–H and O–H groups in total. The van der Waals surface area contributed by atoms with Gasteiger partial charge in [0.25, 0.3) is 5.91 Å². The highest BCUT2D eigenvalue weighted by Gasteiger charge is 2.38. The van der Waals surface area contributed by atoms with Crippen LogP contribution in [0.4, 0.5) is 15.9 Å². The van der Waals surface area contributed by atoms with Gasteiger partial charge in [0.05, 0.1) is 6.61 Å². The first-order chi connectivity index (χ1) is 15.3. The normalized spacial score (nSPS) is 17.9. The van der Waals surface area contributed by atoms with Crippen LogP contribution in [0.25, 0.3) is 0 Å². The van der Waals surface area contributed by atoms with Crippen LogP contribution < -0.4 is 21.3 Å². The molecule has 1 aliphatic carbocycles. The average Bonchev–Trinajstić information content (AvgIpc) is 3.20. The van der Waals surface area contributed by atoms with Gasteiger partial charge >= 0.3 is 0 Å². The van der Waals surface area contributed by atoms with E-state index in [0.29, 0.717) is 23.9 Å². The van der Waals surface area contributed by atoms with Crippen LogP contribution in [0.2, 0.25) is 0 Å². The maximum absolute atomic E-state index is 13.6. The molecule has 1 aromatic carbocycles. The highest BCUT2D eigenvalue weighted by molar-refractivity contribution is 5.97. The minimum Gasteiger partial charge on any atom is -0.493 e. The number of aromatic nitrogens is 1. The Morgan fingerprint density at radius 2 is 1.97 bits per heavy atom. The van der Waals surface area contributed by atoms with Crippen molar-refractivity contribution in [1.29, 1.82) is 0 Å². The molecule has 0 radical (unpaired) electrons. The number of amides is 2. The second-order valence-electron chi connectivity index (χ2n) is 8.31. The van der Waals surface area contributed by atoms with Crippen molar-refractivity contribution < 1.29 is 24.1 Å². The van der Waals surface area contributed by atoms with Gasteiger partial charge in [-0.2, -0.15) is 5.84 Å². The maximum atomic E-state index is 13.6. The average molecular weight is 445 g/mol. The molecule has 1 aliphatic rings. The summed E-state index contributed by atoms with van der Waals surface area (Å²) in [7, 11) is 0. The van der Waals surface area contributed by atoms with Crippen molar-refractivity contribution in [3.05, 3.63) is 47.9 Å². The number of halogens is 1. The molecule has 0 aliphatic heterocycles. The summed E-state index contributed by atoms with van der Waals surface area (Å²) in [6, 6.07) is 9.13. The first-order valence-electron chi connectivity index (χ1n) is 10.8. The summed E-state index contributed by atoms with van der Waals surface area (Å²) in [6.45, 7) is 5.76. The Morgan fingerprint density at radius 3 is 2.59 bits per heavy atom. The third-order valence-electron chi connectivity index (χ3n) is 5.66. The monoisotopic (exact) mass is 444 g/mol. The van der Waals surface area contributed by atoms with Crippen molar-refractivity contribution in [1.82, 2.24) is 9.88 Å². The van der Waals surface area contributed by atoms with Crippen LogP contribution in [0.1, 0.15) is 50.5 Å². The fourth-order valence-electron chi connectivity index (χ4n) is 4.23. The number of nitrogens with zero attached hydrogens (tertiary/aromatic N) is 2. The predicted molar refractivity (Wildman–Crippen MR) is 119 cm³/mol. The van der Waals surface area contributed by atoms with Gasteiger partial charge in [-0.05, 0) is 57.0 Å². The topological polar surface area (TPSA) is 114 Å². The third-order valence-corrected chi connectivity index (χ3v) is 5.66. The van der Waals surface area contributed by atoms with Gasteiger partial charge in [-0.1, -0.05) is 6.42 Å². The number of quaternary nitrogens is 1. The zero-order valence-corrected chi connectivity index (χ0v) is 18.7. The number of nitrogens with one attached hydrogen (secondary N) is 1. The van der Waals surface area contributed by atoms with Crippen LogP contribution in [0.3, 0.4) is 0 Å². The Balaban J connectivity index is 1.82. The lowest BCUT2D eigenvalue weighted by Crippen LogP contribution is -2.86.